The van der Waals surface area contributed by atoms with Gasteiger partial charge in [0.1, 0.15) is 5.60 Å². The molecule has 2 unspecified atom stereocenters. The molecule has 1 aromatic carbocycles. The summed E-state index contributed by atoms with van der Waals surface area (Å²) in [7, 11) is 1.56. The summed E-state index contributed by atoms with van der Waals surface area (Å²) in [4.78, 5) is 0. The molecule has 18 heavy (non-hydrogen) atoms. The van der Waals surface area contributed by atoms with Crippen LogP contribution in [0.4, 0.5) is 0 Å². The third kappa shape index (κ3) is 1.73. The summed E-state index contributed by atoms with van der Waals surface area (Å²) in [5.74, 6) is 0. The second-order valence-electron chi connectivity index (χ2n) is 5.34. The van der Waals surface area contributed by atoms with Crippen LogP contribution in [-0.4, -0.2) is 23.9 Å². The Morgan fingerprint density at radius 3 is 2.28 bits per heavy atom. The van der Waals surface area contributed by atoms with E-state index in [1.54, 1.807) is 14.0 Å². The highest BCUT2D eigenvalue weighted by molar-refractivity contribution is 5.39. The van der Waals surface area contributed by atoms with Crippen LogP contribution in [0.25, 0.3) is 0 Å². The van der Waals surface area contributed by atoms with Crippen molar-refractivity contribution in [3.05, 3.63) is 35.4 Å². The molecule has 1 aromatic rings. The molecule has 2 atom stereocenters. The Kier molecular flexibility index (Phi) is 3.18. The molecule has 0 radical (unpaired) electrons. The van der Waals surface area contributed by atoms with Crippen LogP contribution in [0, 0.1) is 16.7 Å². The fraction of sp³-hybridized carbons (Fsp3) is 0.533. The number of methoxy groups -OCH3 is 1. The van der Waals surface area contributed by atoms with E-state index in [1.165, 1.54) is 0 Å². The van der Waals surface area contributed by atoms with Gasteiger partial charge in [-0.1, -0.05) is 24.3 Å². The lowest BCUT2D eigenvalue weighted by molar-refractivity contribution is -0.130. The maximum Gasteiger partial charge on any atom is 0.107 e. The zero-order valence-corrected chi connectivity index (χ0v) is 11.1. The zero-order chi connectivity index (χ0) is 13.4. The van der Waals surface area contributed by atoms with E-state index in [0.29, 0.717) is 12.8 Å². The predicted octanol–water partition coefficient (Wildman–Crippen LogP) is 2.08. The van der Waals surface area contributed by atoms with E-state index < -0.39 is 11.0 Å². The van der Waals surface area contributed by atoms with Crippen molar-refractivity contribution in [3.63, 3.8) is 0 Å². The number of hydrogen-bond acceptors (Lipinski definition) is 3. The van der Waals surface area contributed by atoms with Gasteiger partial charge in [-0.15, -0.1) is 0 Å². The van der Waals surface area contributed by atoms with Gasteiger partial charge in [-0.25, -0.2) is 0 Å². The van der Waals surface area contributed by atoms with Crippen LogP contribution < -0.4 is 0 Å². The van der Waals surface area contributed by atoms with Crippen molar-refractivity contribution in [2.45, 2.75) is 38.4 Å². The molecule has 0 saturated carbocycles. The van der Waals surface area contributed by atoms with Crippen molar-refractivity contribution in [2.75, 3.05) is 7.11 Å². The van der Waals surface area contributed by atoms with Gasteiger partial charge in [0, 0.05) is 7.11 Å². The molecule has 0 heterocycles. The number of ether oxygens (including phenoxy) is 1. The number of hydrogen-bond donors (Lipinski definition) is 1. The van der Waals surface area contributed by atoms with Gasteiger partial charge in [-0.05, 0) is 37.8 Å². The van der Waals surface area contributed by atoms with Crippen LogP contribution in [0.15, 0.2) is 24.3 Å². The SMILES string of the molecule is COC(C)C(C)(O)C1(C#N)Cc2ccccc2C1. The second kappa shape index (κ2) is 4.38. The Morgan fingerprint density at radius 1 is 1.39 bits per heavy atom. The summed E-state index contributed by atoms with van der Waals surface area (Å²) in [6, 6.07) is 10.4. The van der Waals surface area contributed by atoms with Gasteiger partial charge in [0.25, 0.3) is 0 Å². The molecule has 0 fully saturated rings. The average Bonchev–Trinajstić information content (AvgIpc) is 2.77. The number of nitriles is 1. The fourth-order valence-electron chi connectivity index (χ4n) is 2.78. The number of nitrogens with zero attached hydrogens (tertiary/aromatic N) is 1. The average molecular weight is 245 g/mol. The van der Waals surface area contributed by atoms with Gasteiger partial charge < -0.3 is 9.84 Å². The summed E-state index contributed by atoms with van der Waals surface area (Å²) >= 11 is 0. The Morgan fingerprint density at radius 2 is 1.89 bits per heavy atom. The minimum absolute atomic E-state index is 0.383. The summed E-state index contributed by atoms with van der Waals surface area (Å²) in [5, 5.41) is 20.4. The van der Waals surface area contributed by atoms with Crippen molar-refractivity contribution < 1.29 is 9.84 Å². The molecule has 0 aliphatic heterocycles. The fourth-order valence-corrected chi connectivity index (χ4v) is 2.78. The molecule has 3 nitrogen and oxygen atoms in total. The minimum Gasteiger partial charge on any atom is -0.386 e. The molecule has 1 aliphatic rings. The summed E-state index contributed by atoms with van der Waals surface area (Å²) in [6.45, 7) is 3.51. The van der Waals surface area contributed by atoms with E-state index in [4.69, 9.17) is 4.74 Å². The summed E-state index contributed by atoms with van der Waals surface area (Å²) in [6.07, 6.45) is 0.785. The van der Waals surface area contributed by atoms with Crippen molar-refractivity contribution in [2.24, 2.45) is 5.41 Å². The number of rotatable bonds is 3. The first kappa shape index (κ1) is 13.1. The normalized spacial score (nSPS) is 21.7. The first-order valence-electron chi connectivity index (χ1n) is 6.20. The van der Waals surface area contributed by atoms with Crippen molar-refractivity contribution >= 4 is 0 Å². The Hall–Kier alpha value is -1.37. The lowest BCUT2D eigenvalue weighted by Crippen LogP contribution is -2.54. The highest BCUT2D eigenvalue weighted by Gasteiger charge is 2.54. The van der Waals surface area contributed by atoms with Crippen LogP contribution in [0.1, 0.15) is 25.0 Å². The Bertz CT molecular complexity index is 463. The summed E-state index contributed by atoms with van der Waals surface area (Å²) in [5.41, 5.74) is 0.340. The number of fused-ring (bicyclic) bond motifs is 1. The van der Waals surface area contributed by atoms with E-state index >= 15 is 0 Å². The minimum atomic E-state index is -1.17. The third-order valence-corrected chi connectivity index (χ3v) is 4.43. The first-order valence-corrected chi connectivity index (χ1v) is 6.20. The molecule has 0 bridgehead atoms. The Labute approximate surface area is 108 Å². The maximum atomic E-state index is 10.8. The van der Waals surface area contributed by atoms with Gasteiger partial charge in [0.2, 0.25) is 0 Å². The van der Waals surface area contributed by atoms with Crippen molar-refractivity contribution in [1.29, 1.82) is 5.26 Å². The molecule has 0 spiro atoms. The maximum absolute atomic E-state index is 10.8. The highest BCUT2D eigenvalue weighted by Crippen LogP contribution is 2.46. The number of aliphatic hydroxyl groups is 1. The quantitative estimate of drug-likeness (QED) is 0.887. The lowest BCUT2D eigenvalue weighted by Gasteiger charge is -2.41. The van der Waals surface area contributed by atoms with E-state index in [9.17, 15) is 10.4 Å². The first-order chi connectivity index (χ1) is 8.47. The second-order valence-corrected chi connectivity index (χ2v) is 5.34. The van der Waals surface area contributed by atoms with Crippen LogP contribution >= 0.6 is 0 Å². The lowest BCUT2D eigenvalue weighted by atomic mass is 9.69. The molecular formula is C15H19NO2. The number of benzene rings is 1. The van der Waals surface area contributed by atoms with Crippen molar-refractivity contribution in [1.82, 2.24) is 0 Å². The van der Waals surface area contributed by atoms with Gasteiger partial charge in [0.15, 0.2) is 0 Å². The monoisotopic (exact) mass is 245 g/mol. The van der Waals surface area contributed by atoms with Gasteiger partial charge >= 0.3 is 0 Å². The zero-order valence-electron chi connectivity index (χ0n) is 11.1. The highest BCUT2D eigenvalue weighted by atomic mass is 16.5. The topological polar surface area (TPSA) is 53.2 Å². The standard InChI is InChI=1S/C15H19NO2/c1-11(18-3)14(2,17)15(10-16)8-12-6-4-5-7-13(12)9-15/h4-7,11,17H,8-9H2,1-3H3. The van der Waals surface area contributed by atoms with E-state index in [1.807, 2.05) is 31.2 Å². The smallest absolute Gasteiger partial charge is 0.107 e. The molecule has 1 N–H and O–H groups in total. The largest absolute Gasteiger partial charge is 0.386 e. The molecule has 1 aliphatic carbocycles. The molecule has 0 amide bonds. The van der Waals surface area contributed by atoms with Crippen LogP contribution in [0.5, 0.6) is 0 Å². The summed E-state index contributed by atoms with van der Waals surface area (Å²) < 4.78 is 5.25. The molecule has 3 heteroatoms. The van der Waals surface area contributed by atoms with Gasteiger partial charge in [0.05, 0.1) is 17.6 Å². The van der Waals surface area contributed by atoms with Crippen LogP contribution in [0.3, 0.4) is 0 Å². The molecular weight excluding hydrogens is 226 g/mol. The van der Waals surface area contributed by atoms with Gasteiger partial charge in [-0.3, -0.25) is 0 Å². The molecule has 0 saturated heterocycles. The van der Waals surface area contributed by atoms with Crippen LogP contribution in [0.2, 0.25) is 0 Å². The van der Waals surface area contributed by atoms with Crippen LogP contribution in [-0.2, 0) is 17.6 Å². The van der Waals surface area contributed by atoms with E-state index in [-0.39, 0.29) is 6.10 Å². The van der Waals surface area contributed by atoms with Gasteiger partial charge in [-0.2, -0.15) is 5.26 Å². The third-order valence-electron chi connectivity index (χ3n) is 4.43. The molecule has 2 rings (SSSR count). The molecule has 0 aromatic heterocycles. The molecule has 96 valence electrons. The van der Waals surface area contributed by atoms with Crippen molar-refractivity contribution in [3.8, 4) is 6.07 Å². The van der Waals surface area contributed by atoms with E-state index in [2.05, 4.69) is 6.07 Å². The van der Waals surface area contributed by atoms with E-state index in [0.717, 1.165) is 11.1 Å². The predicted molar refractivity (Wildman–Crippen MR) is 69.0 cm³/mol. The Balaban J connectivity index is 2.40.